The van der Waals surface area contributed by atoms with Crippen molar-refractivity contribution in [2.45, 2.75) is 26.3 Å². The maximum atomic E-state index is 14.2. The highest BCUT2D eigenvalue weighted by molar-refractivity contribution is 5.90. The van der Waals surface area contributed by atoms with E-state index in [-0.39, 0.29) is 17.2 Å². The van der Waals surface area contributed by atoms with Crippen molar-refractivity contribution < 1.29 is 23.8 Å². The van der Waals surface area contributed by atoms with Crippen LogP contribution in [0.1, 0.15) is 20.8 Å². The first-order valence-corrected chi connectivity index (χ1v) is 5.67. The molecule has 0 heterocycles. The molecule has 0 spiro atoms. The molecule has 0 unspecified atom stereocenters. The van der Waals surface area contributed by atoms with Crippen molar-refractivity contribution in [3.8, 4) is 11.5 Å². The smallest absolute Gasteiger partial charge is 0.412 e. The maximum absolute atomic E-state index is 14.2. The highest BCUT2D eigenvalue weighted by atomic mass is 19.1. The van der Waals surface area contributed by atoms with Crippen LogP contribution in [-0.2, 0) is 0 Å². The number of rotatable bonds is 3. The van der Waals surface area contributed by atoms with E-state index in [4.69, 9.17) is 9.47 Å². The SMILES string of the molecule is COc1cc(F)c(N(C(=O)O)C(C)(C)C)c(OC)c1. The number of carboxylic acid groups (broad SMARTS) is 1. The van der Waals surface area contributed by atoms with Crippen molar-refractivity contribution in [1.29, 1.82) is 0 Å². The Morgan fingerprint density at radius 3 is 2.21 bits per heavy atom. The molecular weight excluding hydrogens is 253 g/mol. The predicted octanol–water partition coefficient (Wildman–Crippen LogP) is 3.13. The minimum atomic E-state index is -1.25. The van der Waals surface area contributed by atoms with Gasteiger partial charge in [-0.2, -0.15) is 0 Å². The number of carbonyl (C=O) groups is 1. The third-order valence-electron chi connectivity index (χ3n) is 2.54. The van der Waals surface area contributed by atoms with Gasteiger partial charge in [0.25, 0.3) is 0 Å². The Labute approximate surface area is 111 Å². The number of hydrogen-bond acceptors (Lipinski definition) is 3. The molecule has 106 valence electrons. The minimum Gasteiger partial charge on any atom is -0.497 e. The van der Waals surface area contributed by atoms with Gasteiger partial charge in [-0.25, -0.2) is 9.18 Å². The average molecular weight is 271 g/mol. The Kier molecular flexibility index (Phi) is 4.24. The van der Waals surface area contributed by atoms with Crippen LogP contribution >= 0.6 is 0 Å². The summed E-state index contributed by atoms with van der Waals surface area (Å²) in [7, 11) is 2.74. The molecule has 19 heavy (non-hydrogen) atoms. The second kappa shape index (κ2) is 5.34. The summed E-state index contributed by atoms with van der Waals surface area (Å²) in [5, 5.41) is 9.31. The van der Waals surface area contributed by atoms with Gasteiger partial charge in [-0.15, -0.1) is 0 Å². The first-order valence-electron chi connectivity index (χ1n) is 5.67. The van der Waals surface area contributed by atoms with Gasteiger partial charge >= 0.3 is 6.09 Å². The van der Waals surface area contributed by atoms with Crippen molar-refractivity contribution in [2.75, 3.05) is 19.1 Å². The third kappa shape index (κ3) is 3.07. The van der Waals surface area contributed by atoms with Gasteiger partial charge in [0.05, 0.1) is 14.2 Å². The van der Waals surface area contributed by atoms with Crippen LogP contribution < -0.4 is 14.4 Å². The normalized spacial score (nSPS) is 11.1. The Morgan fingerprint density at radius 1 is 1.26 bits per heavy atom. The van der Waals surface area contributed by atoms with Crippen LogP contribution in [-0.4, -0.2) is 31.0 Å². The van der Waals surface area contributed by atoms with E-state index in [1.807, 2.05) is 0 Å². The second-order valence-corrected chi connectivity index (χ2v) is 4.95. The number of amides is 1. The van der Waals surface area contributed by atoms with Crippen LogP contribution in [0, 0.1) is 5.82 Å². The quantitative estimate of drug-likeness (QED) is 0.917. The zero-order chi connectivity index (χ0) is 14.8. The monoisotopic (exact) mass is 271 g/mol. The Bertz CT molecular complexity index is 482. The molecule has 1 rings (SSSR count). The summed E-state index contributed by atoms with van der Waals surface area (Å²) in [6.45, 7) is 5.01. The van der Waals surface area contributed by atoms with E-state index in [2.05, 4.69) is 0 Å². The van der Waals surface area contributed by atoms with Gasteiger partial charge in [0.15, 0.2) is 5.82 Å². The number of anilines is 1. The molecule has 1 N–H and O–H groups in total. The molecule has 0 saturated heterocycles. The van der Waals surface area contributed by atoms with E-state index >= 15 is 0 Å². The van der Waals surface area contributed by atoms with Gasteiger partial charge in [-0.05, 0) is 20.8 Å². The zero-order valence-electron chi connectivity index (χ0n) is 11.7. The molecule has 0 aliphatic rings. The number of halogens is 1. The molecule has 1 aromatic carbocycles. The van der Waals surface area contributed by atoms with Crippen molar-refractivity contribution in [2.24, 2.45) is 0 Å². The summed E-state index contributed by atoms with van der Waals surface area (Å²) in [5.41, 5.74) is -0.933. The molecule has 0 saturated carbocycles. The second-order valence-electron chi connectivity index (χ2n) is 4.95. The fourth-order valence-electron chi connectivity index (χ4n) is 1.76. The van der Waals surface area contributed by atoms with Crippen molar-refractivity contribution in [3.05, 3.63) is 17.9 Å². The van der Waals surface area contributed by atoms with E-state index in [9.17, 15) is 14.3 Å². The van der Waals surface area contributed by atoms with Gasteiger partial charge in [0.2, 0.25) is 0 Å². The fraction of sp³-hybridized carbons (Fsp3) is 0.462. The van der Waals surface area contributed by atoms with Crippen molar-refractivity contribution in [3.63, 3.8) is 0 Å². The molecular formula is C13H18FNO4. The van der Waals surface area contributed by atoms with Crippen LogP contribution in [0.5, 0.6) is 11.5 Å². The van der Waals surface area contributed by atoms with Gasteiger partial charge in [0.1, 0.15) is 17.2 Å². The minimum absolute atomic E-state index is 0.106. The number of ether oxygens (including phenoxy) is 2. The van der Waals surface area contributed by atoms with E-state index in [1.54, 1.807) is 20.8 Å². The summed E-state index contributed by atoms with van der Waals surface area (Å²) in [6.07, 6.45) is -1.25. The molecule has 0 atom stereocenters. The fourth-order valence-corrected chi connectivity index (χ4v) is 1.76. The number of hydrogen-bond donors (Lipinski definition) is 1. The molecule has 1 amide bonds. The number of methoxy groups -OCH3 is 2. The topological polar surface area (TPSA) is 59.0 Å². The average Bonchev–Trinajstić information content (AvgIpc) is 2.28. The summed E-state index contributed by atoms with van der Waals surface area (Å²) >= 11 is 0. The standard InChI is InChI=1S/C13H18FNO4/c1-13(2,3)15(12(16)17)11-9(14)6-8(18-4)7-10(11)19-5/h6-7H,1-5H3,(H,16,17). The van der Waals surface area contributed by atoms with E-state index < -0.39 is 17.4 Å². The largest absolute Gasteiger partial charge is 0.497 e. The Balaban J connectivity index is 3.51. The molecule has 0 aliphatic carbocycles. The molecule has 0 radical (unpaired) electrons. The number of nitrogens with zero attached hydrogens (tertiary/aromatic N) is 1. The van der Waals surface area contributed by atoms with Crippen LogP contribution in [0.2, 0.25) is 0 Å². The first kappa shape index (κ1) is 15.1. The highest BCUT2D eigenvalue weighted by Gasteiger charge is 2.33. The molecule has 1 aromatic rings. The maximum Gasteiger partial charge on any atom is 0.412 e. The van der Waals surface area contributed by atoms with Crippen LogP contribution in [0.15, 0.2) is 12.1 Å². The van der Waals surface area contributed by atoms with Crippen molar-refractivity contribution >= 4 is 11.8 Å². The lowest BCUT2D eigenvalue weighted by atomic mass is 10.0. The third-order valence-corrected chi connectivity index (χ3v) is 2.54. The molecule has 0 aromatic heterocycles. The molecule has 6 heteroatoms. The van der Waals surface area contributed by atoms with Crippen LogP contribution in [0.4, 0.5) is 14.9 Å². The van der Waals surface area contributed by atoms with Crippen LogP contribution in [0.25, 0.3) is 0 Å². The summed E-state index contributed by atoms with van der Waals surface area (Å²) < 4.78 is 24.2. The predicted molar refractivity (Wildman–Crippen MR) is 69.8 cm³/mol. The Morgan fingerprint density at radius 2 is 1.84 bits per heavy atom. The zero-order valence-corrected chi connectivity index (χ0v) is 11.7. The summed E-state index contributed by atoms with van der Waals surface area (Å²) in [4.78, 5) is 12.3. The summed E-state index contributed by atoms with van der Waals surface area (Å²) in [5.74, 6) is -0.347. The Hall–Kier alpha value is -1.98. The van der Waals surface area contributed by atoms with Gasteiger partial charge in [-0.1, -0.05) is 0 Å². The van der Waals surface area contributed by atoms with Crippen LogP contribution in [0.3, 0.4) is 0 Å². The van der Waals surface area contributed by atoms with E-state index in [1.165, 1.54) is 20.3 Å². The molecule has 0 bridgehead atoms. The molecule has 0 aliphatic heterocycles. The highest BCUT2D eigenvalue weighted by Crippen LogP contribution is 2.38. The lowest BCUT2D eigenvalue weighted by Crippen LogP contribution is -2.45. The summed E-state index contributed by atoms with van der Waals surface area (Å²) in [6, 6.07) is 2.57. The van der Waals surface area contributed by atoms with Crippen molar-refractivity contribution in [1.82, 2.24) is 0 Å². The molecule has 0 fully saturated rings. The van der Waals surface area contributed by atoms with Gasteiger partial charge < -0.3 is 14.6 Å². The number of benzene rings is 1. The lowest BCUT2D eigenvalue weighted by molar-refractivity contribution is 0.195. The van der Waals surface area contributed by atoms with Gasteiger partial charge in [0, 0.05) is 17.7 Å². The first-order chi connectivity index (χ1) is 8.72. The van der Waals surface area contributed by atoms with Gasteiger partial charge in [-0.3, -0.25) is 4.90 Å². The van der Waals surface area contributed by atoms with E-state index in [0.717, 1.165) is 11.0 Å². The van der Waals surface area contributed by atoms with E-state index in [0.29, 0.717) is 0 Å². The molecule has 5 nitrogen and oxygen atoms in total. The lowest BCUT2D eigenvalue weighted by Gasteiger charge is -2.34.